The number of allylic oxidation sites excluding steroid dienone is 6. The van der Waals surface area contributed by atoms with Crippen molar-refractivity contribution < 1.29 is 24.5 Å². The molecule has 346 valence electrons. The molecule has 0 aliphatic carbocycles. The van der Waals surface area contributed by atoms with Crippen LogP contribution in [0.15, 0.2) is 36.5 Å². The fraction of sp³-hybridized carbons (Fsp3) is 0.849. The van der Waals surface area contributed by atoms with Crippen molar-refractivity contribution in [2.45, 2.75) is 276 Å². The van der Waals surface area contributed by atoms with E-state index < -0.39 is 12.1 Å². The Morgan fingerprint density at radius 3 is 1.37 bits per heavy atom. The molecule has 0 saturated heterocycles. The van der Waals surface area contributed by atoms with Crippen LogP contribution in [-0.4, -0.2) is 47.4 Å². The first-order valence-corrected chi connectivity index (χ1v) is 25.7. The molecule has 0 aliphatic rings. The van der Waals surface area contributed by atoms with E-state index in [0.29, 0.717) is 25.9 Å². The first-order valence-electron chi connectivity index (χ1n) is 25.7. The maximum absolute atomic E-state index is 12.4. The van der Waals surface area contributed by atoms with Crippen molar-refractivity contribution in [3.8, 4) is 0 Å². The number of hydrogen-bond donors (Lipinski definition) is 3. The van der Waals surface area contributed by atoms with Crippen LogP contribution in [0.3, 0.4) is 0 Å². The van der Waals surface area contributed by atoms with E-state index in [1.165, 1.54) is 154 Å². The number of carbonyl (C=O) groups excluding carboxylic acids is 2. The number of aliphatic hydroxyl groups is 2. The second-order valence-corrected chi connectivity index (χ2v) is 17.5. The number of rotatable bonds is 47. The lowest BCUT2D eigenvalue weighted by Gasteiger charge is -2.22. The SMILES string of the molecule is CCCCC/C=C\C/C=C\CCCCCCCCCC(=O)OCCCCCC/C=C\CCCC(=O)NC(CO)C(O)CCCCCCCCCCCCCCCCCC. The van der Waals surface area contributed by atoms with Gasteiger partial charge >= 0.3 is 5.97 Å². The molecule has 0 bridgehead atoms. The van der Waals surface area contributed by atoms with Gasteiger partial charge in [0.15, 0.2) is 0 Å². The minimum atomic E-state index is -0.696. The van der Waals surface area contributed by atoms with Gasteiger partial charge in [-0.3, -0.25) is 9.59 Å². The van der Waals surface area contributed by atoms with Gasteiger partial charge in [0.25, 0.3) is 0 Å². The van der Waals surface area contributed by atoms with Gasteiger partial charge in [0.2, 0.25) is 5.91 Å². The van der Waals surface area contributed by atoms with Crippen LogP contribution in [0.5, 0.6) is 0 Å². The lowest BCUT2D eigenvalue weighted by molar-refractivity contribution is -0.143. The van der Waals surface area contributed by atoms with Crippen molar-refractivity contribution in [3.05, 3.63) is 36.5 Å². The molecule has 0 aromatic rings. The standard InChI is InChI=1S/C53H99NO5/c1-3-5-7-9-11-13-15-17-19-21-23-25-27-31-35-39-43-47-53(58)59-48-44-40-36-32-28-30-34-38-42-46-52(57)54-50(49-55)51(56)45-41-37-33-29-26-24-22-20-18-16-14-12-10-8-6-4-2/h11,13,17,19,30,34,50-51,55-56H,3-10,12,14-16,18,20-29,31-33,35-49H2,1-2H3,(H,54,57)/b13-11-,19-17-,34-30-. The summed E-state index contributed by atoms with van der Waals surface area (Å²) >= 11 is 0. The summed E-state index contributed by atoms with van der Waals surface area (Å²) in [6.45, 7) is 4.83. The zero-order valence-corrected chi connectivity index (χ0v) is 39.2. The molecule has 0 aliphatic heterocycles. The van der Waals surface area contributed by atoms with E-state index in [2.05, 4.69) is 55.6 Å². The molecule has 1 amide bonds. The van der Waals surface area contributed by atoms with Crippen molar-refractivity contribution in [3.63, 3.8) is 0 Å². The van der Waals surface area contributed by atoms with Gasteiger partial charge in [-0.2, -0.15) is 0 Å². The van der Waals surface area contributed by atoms with Crippen LogP contribution >= 0.6 is 0 Å². The van der Waals surface area contributed by atoms with E-state index in [-0.39, 0.29) is 18.5 Å². The van der Waals surface area contributed by atoms with Crippen LogP contribution in [0.25, 0.3) is 0 Å². The lowest BCUT2D eigenvalue weighted by atomic mass is 10.0. The Morgan fingerprint density at radius 2 is 0.864 bits per heavy atom. The highest BCUT2D eigenvalue weighted by molar-refractivity contribution is 5.76. The molecule has 0 spiro atoms. The topological polar surface area (TPSA) is 95.9 Å². The third-order valence-electron chi connectivity index (χ3n) is 11.7. The fourth-order valence-electron chi connectivity index (χ4n) is 7.67. The largest absolute Gasteiger partial charge is 0.466 e. The van der Waals surface area contributed by atoms with Crippen molar-refractivity contribution in [1.29, 1.82) is 0 Å². The Hall–Kier alpha value is -1.92. The number of carbonyl (C=O) groups is 2. The maximum atomic E-state index is 12.4. The Labute approximate surface area is 366 Å². The van der Waals surface area contributed by atoms with Crippen LogP contribution in [0.4, 0.5) is 0 Å². The van der Waals surface area contributed by atoms with Crippen LogP contribution in [0.1, 0.15) is 264 Å². The Morgan fingerprint density at radius 1 is 0.475 bits per heavy atom. The third-order valence-corrected chi connectivity index (χ3v) is 11.7. The van der Waals surface area contributed by atoms with Crippen molar-refractivity contribution >= 4 is 11.9 Å². The molecule has 0 aromatic carbocycles. The smallest absolute Gasteiger partial charge is 0.305 e. The summed E-state index contributed by atoms with van der Waals surface area (Å²) in [4.78, 5) is 24.5. The molecule has 2 unspecified atom stereocenters. The highest BCUT2D eigenvalue weighted by Crippen LogP contribution is 2.16. The first-order chi connectivity index (χ1) is 29.0. The predicted molar refractivity (Wildman–Crippen MR) is 255 cm³/mol. The van der Waals surface area contributed by atoms with Crippen LogP contribution in [-0.2, 0) is 14.3 Å². The van der Waals surface area contributed by atoms with E-state index in [1.54, 1.807) is 0 Å². The summed E-state index contributed by atoms with van der Waals surface area (Å²) in [5, 5.41) is 23.2. The summed E-state index contributed by atoms with van der Waals surface area (Å²) in [5.74, 6) is -0.140. The van der Waals surface area contributed by atoms with Crippen molar-refractivity contribution in [2.75, 3.05) is 13.2 Å². The normalized spacial score (nSPS) is 12.9. The molecule has 0 aromatic heterocycles. The second kappa shape index (κ2) is 48.7. The Kier molecular flexibility index (Phi) is 47.2. The molecule has 59 heavy (non-hydrogen) atoms. The molecule has 2 atom stereocenters. The van der Waals surface area contributed by atoms with E-state index in [0.717, 1.165) is 77.0 Å². The maximum Gasteiger partial charge on any atom is 0.305 e. The van der Waals surface area contributed by atoms with Gasteiger partial charge in [0, 0.05) is 12.8 Å². The molecular formula is C53H99NO5. The summed E-state index contributed by atoms with van der Waals surface area (Å²) in [7, 11) is 0. The molecular weight excluding hydrogens is 731 g/mol. The number of esters is 1. The van der Waals surface area contributed by atoms with E-state index in [1.807, 2.05) is 0 Å². The number of amides is 1. The fourth-order valence-corrected chi connectivity index (χ4v) is 7.67. The lowest BCUT2D eigenvalue weighted by Crippen LogP contribution is -2.45. The van der Waals surface area contributed by atoms with Gasteiger partial charge in [-0.25, -0.2) is 0 Å². The van der Waals surface area contributed by atoms with Gasteiger partial charge in [-0.1, -0.05) is 211 Å². The molecule has 0 saturated carbocycles. The van der Waals surface area contributed by atoms with E-state index >= 15 is 0 Å². The Balaban J connectivity index is 3.55. The van der Waals surface area contributed by atoms with Crippen LogP contribution in [0, 0.1) is 0 Å². The average Bonchev–Trinajstić information content (AvgIpc) is 3.24. The number of aliphatic hydroxyl groups excluding tert-OH is 2. The monoisotopic (exact) mass is 830 g/mol. The summed E-state index contributed by atoms with van der Waals surface area (Å²) in [5.41, 5.74) is 0. The molecule has 0 rings (SSSR count). The summed E-state index contributed by atoms with van der Waals surface area (Å²) in [6.07, 6.45) is 58.3. The summed E-state index contributed by atoms with van der Waals surface area (Å²) in [6, 6.07) is -0.580. The minimum Gasteiger partial charge on any atom is -0.466 e. The third kappa shape index (κ3) is 45.4. The second-order valence-electron chi connectivity index (χ2n) is 17.5. The van der Waals surface area contributed by atoms with Crippen molar-refractivity contribution in [2.24, 2.45) is 0 Å². The van der Waals surface area contributed by atoms with Crippen LogP contribution in [0.2, 0.25) is 0 Å². The molecule has 6 heteroatoms. The zero-order valence-electron chi connectivity index (χ0n) is 39.2. The first kappa shape index (κ1) is 57.1. The van der Waals surface area contributed by atoms with E-state index in [9.17, 15) is 19.8 Å². The van der Waals surface area contributed by atoms with Gasteiger partial charge in [-0.05, 0) is 77.0 Å². The zero-order chi connectivity index (χ0) is 43.0. The number of ether oxygens (including phenoxy) is 1. The molecule has 3 N–H and O–H groups in total. The van der Waals surface area contributed by atoms with Gasteiger partial charge in [-0.15, -0.1) is 0 Å². The van der Waals surface area contributed by atoms with Crippen LogP contribution < -0.4 is 5.32 Å². The van der Waals surface area contributed by atoms with E-state index in [4.69, 9.17) is 4.74 Å². The molecule has 0 radical (unpaired) electrons. The number of hydrogen-bond acceptors (Lipinski definition) is 5. The predicted octanol–water partition coefficient (Wildman–Crippen LogP) is 15.3. The number of unbranched alkanes of at least 4 members (excludes halogenated alkanes) is 30. The highest BCUT2D eigenvalue weighted by atomic mass is 16.5. The minimum absolute atomic E-state index is 0.0437. The molecule has 0 heterocycles. The number of nitrogens with one attached hydrogen (secondary N) is 1. The Bertz CT molecular complexity index is 962. The highest BCUT2D eigenvalue weighted by Gasteiger charge is 2.20. The van der Waals surface area contributed by atoms with Gasteiger partial charge in [0.1, 0.15) is 0 Å². The molecule has 0 fully saturated rings. The quantitative estimate of drug-likeness (QED) is 0.0323. The van der Waals surface area contributed by atoms with Crippen molar-refractivity contribution in [1.82, 2.24) is 5.32 Å². The molecule has 6 nitrogen and oxygen atoms in total. The van der Waals surface area contributed by atoms with Gasteiger partial charge < -0.3 is 20.3 Å². The summed E-state index contributed by atoms with van der Waals surface area (Å²) < 4.78 is 5.44. The van der Waals surface area contributed by atoms with Gasteiger partial charge in [0.05, 0.1) is 25.4 Å². The average molecular weight is 830 g/mol.